The lowest BCUT2D eigenvalue weighted by Crippen LogP contribution is -2.43. The number of hydrogen-bond donors (Lipinski definition) is 2. The summed E-state index contributed by atoms with van der Waals surface area (Å²) in [6.45, 7) is 1.03. The van der Waals surface area contributed by atoms with Gasteiger partial charge in [-0.15, -0.1) is 0 Å². The predicted octanol–water partition coefficient (Wildman–Crippen LogP) is 1.78. The van der Waals surface area contributed by atoms with Gasteiger partial charge in [0, 0.05) is 25.6 Å². The van der Waals surface area contributed by atoms with E-state index < -0.39 is 10.0 Å². The number of hydrogen-bond acceptors (Lipinski definition) is 5. The lowest BCUT2D eigenvalue weighted by atomic mass is 9.97. The van der Waals surface area contributed by atoms with E-state index in [-0.39, 0.29) is 42.3 Å². The lowest BCUT2D eigenvalue weighted by Gasteiger charge is -2.31. The minimum absolute atomic E-state index is 0.0263. The second kappa shape index (κ2) is 9.07. The molecule has 4 rings (SSSR count). The number of benzene rings is 2. The largest absolute Gasteiger partial charge is 0.482 e. The molecule has 0 bridgehead atoms. The molecule has 9 heteroatoms. The number of carbonyl (C=O) groups is 2. The zero-order valence-corrected chi connectivity index (χ0v) is 17.9. The van der Waals surface area contributed by atoms with Gasteiger partial charge < -0.3 is 15.4 Å². The minimum atomic E-state index is -3.72. The zero-order valence-electron chi connectivity index (χ0n) is 17.0. The number of fused-ring (bicyclic) bond motifs is 1. The molecule has 0 unspecified atom stereocenters. The van der Waals surface area contributed by atoms with Crippen molar-refractivity contribution in [3.8, 4) is 5.75 Å². The number of carbonyl (C=O) groups excluding carboxylic acids is 2. The highest BCUT2D eigenvalue weighted by atomic mass is 32.2. The molecule has 2 heterocycles. The summed E-state index contributed by atoms with van der Waals surface area (Å²) in [7, 11) is -3.72. The highest BCUT2D eigenvalue weighted by Gasteiger charge is 2.32. The van der Waals surface area contributed by atoms with E-state index in [0.29, 0.717) is 30.8 Å². The van der Waals surface area contributed by atoms with Gasteiger partial charge in [0.15, 0.2) is 6.61 Å². The SMILES string of the molecule is O=C1COc2ccc(S(=O)(=O)N3CCC(C(=O)NCCc4ccccc4)CC3)cc2N1. The Hall–Kier alpha value is -2.91. The number of nitrogens with zero attached hydrogens (tertiary/aromatic N) is 1. The normalized spacial score (nSPS) is 17.4. The number of rotatable bonds is 6. The van der Waals surface area contributed by atoms with Crippen LogP contribution in [0.5, 0.6) is 5.75 Å². The lowest BCUT2D eigenvalue weighted by molar-refractivity contribution is -0.126. The number of ether oxygens (including phenoxy) is 1. The second-order valence-electron chi connectivity index (χ2n) is 7.70. The monoisotopic (exact) mass is 443 g/mol. The van der Waals surface area contributed by atoms with E-state index in [1.807, 2.05) is 30.3 Å². The second-order valence-corrected chi connectivity index (χ2v) is 9.64. The van der Waals surface area contributed by atoms with Crippen LogP contribution in [0.4, 0.5) is 5.69 Å². The first kappa shape index (κ1) is 21.3. The van der Waals surface area contributed by atoms with Crippen LogP contribution >= 0.6 is 0 Å². The van der Waals surface area contributed by atoms with Gasteiger partial charge >= 0.3 is 0 Å². The van der Waals surface area contributed by atoms with E-state index in [1.165, 1.54) is 16.4 Å². The molecule has 0 atom stereocenters. The molecule has 1 fully saturated rings. The maximum absolute atomic E-state index is 13.0. The summed E-state index contributed by atoms with van der Waals surface area (Å²) in [5, 5.41) is 5.59. The Morgan fingerprint density at radius 3 is 2.61 bits per heavy atom. The van der Waals surface area contributed by atoms with E-state index in [1.54, 1.807) is 6.07 Å². The molecule has 0 saturated carbocycles. The van der Waals surface area contributed by atoms with Crippen LogP contribution in [0.3, 0.4) is 0 Å². The summed E-state index contributed by atoms with van der Waals surface area (Å²) in [5.41, 5.74) is 1.51. The van der Waals surface area contributed by atoms with Crippen LogP contribution in [0.25, 0.3) is 0 Å². The first-order chi connectivity index (χ1) is 14.9. The van der Waals surface area contributed by atoms with Gasteiger partial charge in [0.2, 0.25) is 15.9 Å². The Labute approximate surface area is 181 Å². The third kappa shape index (κ3) is 4.88. The maximum Gasteiger partial charge on any atom is 0.262 e. The molecule has 31 heavy (non-hydrogen) atoms. The predicted molar refractivity (Wildman–Crippen MR) is 115 cm³/mol. The van der Waals surface area contributed by atoms with Gasteiger partial charge in [0.05, 0.1) is 10.6 Å². The Balaban J connectivity index is 1.32. The van der Waals surface area contributed by atoms with Gasteiger partial charge in [0.1, 0.15) is 5.75 Å². The maximum atomic E-state index is 13.0. The molecule has 2 N–H and O–H groups in total. The molecule has 2 aromatic rings. The van der Waals surface area contributed by atoms with Gasteiger partial charge in [-0.2, -0.15) is 4.31 Å². The number of sulfonamides is 1. The van der Waals surface area contributed by atoms with Gasteiger partial charge in [-0.1, -0.05) is 30.3 Å². The number of piperidine rings is 1. The summed E-state index contributed by atoms with van der Waals surface area (Å²) < 4.78 is 32.7. The van der Waals surface area contributed by atoms with Crippen molar-refractivity contribution in [2.45, 2.75) is 24.2 Å². The summed E-state index contributed by atoms with van der Waals surface area (Å²) in [6.07, 6.45) is 1.71. The minimum Gasteiger partial charge on any atom is -0.482 e. The van der Waals surface area contributed by atoms with E-state index in [4.69, 9.17) is 4.74 Å². The molecule has 2 aliphatic heterocycles. The average Bonchev–Trinajstić information content (AvgIpc) is 2.79. The van der Waals surface area contributed by atoms with Crippen molar-refractivity contribution >= 4 is 27.5 Å². The summed E-state index contributed by atoms with van der Waals surface area (Å²) in [6, 6.07) is 14.4. The van der Waals surface area contributed by atoms with E-state index in [0.717, 1.165) is 12.0 Å². The van der Waals surface area contributed by atoms with Crippen LogP contribution in [0.1, 0.15) is 18.4 Å². The highest BCUT2D eigenvalue weighted by Crippen LogP contribution is 2.32. The molecule has 0 aliphatic carbocycles. The molecule has 0 spiro atoms. The molecule has 0 aromatic heterocycles. The molecule has 1 saturated heterocycles. The molecule has 8 nitrogen and oxygen atoms in total. The summed E-state index contributed by atoms with van der Waals surface area (Å²) in [5.74, 6) is -0.0920. The van der Waals surface area contributed by atoms with E-state index in [2.05, 4.69) is 10.6 Å². The molecule has 0 radical (unpaired) electrons. The first-order valence-corrected chi connectivity index (χ1v) is 11.8. The van der Waals surface area contributed by atoms with Crippen LogP contribution in [-0.4, -0.2) is 50.8 Å². The molecule has 2 aliphatic rings. The topological polar surface area (TPSA) is 105 Å². The van der Waals surface area contributed by atoms with Crippen LogP contribution in [-0.2, 0) is 26.0 Å². The van der Waals surface area contributed by atoms with Crippen LogP contribution in [0.2, 0.25) is 0 Å². The van der Waals surface area contributed by atoms with Crippen molar-refractivity contribution in [1.29, 1.82) is 0 Å². The third-order valence-electron chi connectivity index (χ3n) is 5.60. The number of nitrogens with one attached hydrogen (secondary N) is 2. The average molecular weight is 444 g/mol. The van der Waals surface area contributed by atoms with Gasteiger partial charge in [-0.25, -0.2) is 8.42 Å². The fourth-order valence-electron chi connectivity index (χ4n) is 3.85. The van der Waals surface area contributed by atoms with Gasteiger partial charge in [-0.05, 0) is 43.0 Å². The van der Waals surface area contributed by atoms with Crippen molar-refractivity contribution in [3.63, 3.8) is 0 Å². The van der Waals surface area contributed by atoms with Crippen molar-refractivity contribution in [2.75, 3.05) is 31.6 Å². The Bertz CT molecular complexity index is 1060. The summed E-state index contributed by atoms with van der Waals surface area (Å²) in [4.78, 5) is 24.1. The van der Waals surface area contributed by atoms with E-state index >= 15 is 0 Å². The number of anilines is 1. The fourth-order valence-corrected chi connectivity index (χ4v) is 5.35. The standard InChI is InChI=1S/C22H25N3O5S/c26-21-15-30-20-7-6-18(14-19(20)24-21)31(28,29)25-12-9-17(10-13-25)22(27)23-11-8-16-4-2-1-3-5-16/h1-7,14,17H,8-13,15H2,(H,23,27)(H,24,26). The molecular weight excluding hydrogens is 418 g/mol. The smallest absolute Gasteiger partial charge is 0.262 e. The van der Waals surface area contributed by atoms with Crippen molar-refractivity contribution < 1.29 is 22.7 Å². The van der Waals surface area contributed by atoms with Crippen LogP contribution in [0.15, 0.2) is 53.4 Å². The van der Waals surface area contributed by atoms with Crippen molar-refractivity contribution in [1.82, 2.24) is 9.62 Å². The van der Waals surface area contributed by atoms with Gasteiger partial charge in [-0.3, -0.25) is 9.59 Å². The van der Waals surface area contributed by atoms with Crippen LogP contribution < -0.4 is 15.4 Å². The molecular formula is C22H25N3O5S. The molecule has 164 valence electrons. The third-order valence-corrected chi connectivity index (χ3v) is 7.50. The Morgan fingerprint density at radius 2 is 1.87 bits per heavy atom. The zero-order chi connectivity index (χ0) is 21.8. The van der Waals surface area contributed by atoms with Gasteiger partial charge in [0.25, 0.3) is 5.91 Å². The highest BCUT2D eigenvalue weighted by molar-refractivity contribution is 7.89. The number of amides is 2. The Kier molecular flexibility index (Phi) is 6.24. The fraction of sp³-hybridized carbons (Fsp3) is 0.364. The molecule has 2 aromatic carbocycles. The van der Waals surface area contributed by atoms with Crippen LogP contribution in [0, 0.1) is 5.92 Å². The van der Waals surface area contributed by atoms with Crippen molar-refractivity contribution in [3.05, 3.63) is 54.1 Å². The summed E-state index contributed by atoms with van der Waals surface area (Å²) >= 11 is 0. The van der Waals surface area contributed by atoms with Crippen molar-refractivity contribution in [2.24, 2.45) is 5.92 Å². The quantitative estimate of drug-likeness (QED) is 0.708. The van der Waals surface area contributed by atoms with E-state index in [9.17, 15) is 18.0 Å². The first-order valence-electron chi connectivity index (χ1n) is 10.3. The molecule has 2 amide bonds. The Morgan fingerprint density at radius 1 is 1.13 bits per heavy atom.